The number of benzene rings is 1. The number of nitrogens with zero attached hydrogens (tertiary/aromatic N) is 2. The van der Waals surface area contributed by atoms with E-state index in [1.165, 1.54) is 11.3 Å². The first-order valence-electron chi connectivity index (χ1n) is 8.06. The summed E-state index contributed by atoms with van der Waals surface area (Å²) in [6.45, 7) is 4.64. The SMILES string of the molecule is CC(C)(c1ccccc1)c1nnc(NC(=O)[C@@H]2CC[C@H](CN)O2)s1. The Morgan fingerprint density at radius 3 is 2.75 bits per heavy atom. The zero-order valence-corrected chi connectivity index (χ0v) is 14.7. The molecular formula is C17H22N4O2S. The number of aromatic nitrogens is 2. The van der Waals surface area contributed by atoms with Crippen LogP contribution in [0.4, 0.5) is 5.13 Å². The number of rotatable bonds is 5. The van der Waals surface area contributed by atoms with Gasteiger partial charge in [0.05, 0.1) is 6.10 Å². The smallest absolute Gasteiger partial charge is 0.255 e. The van der Waals surface area contributed by atoms with Crippen molar-refractivity contribution in [2.75, 3.05) is 11.9 Å². The molecule has 0 aliphatic carbocycles. The molecule has 0 saturated carbocycles. The van der Waals surface area contributed by atoms with Gasteiger partial charge in [-0.3, -0.25) is 10.1 Å². The van der Waals surface area contributed by atoms with Crippen LogP contribution in [0, 0.1) is 0 Å². The normalized spacial score (nSPS) is 21.0. The van der Waals surface area contributed by atoms with Gasteiger partial charge in [-0.25, -0.2) is 0 Å². The molecule has 2 heterocycles. The van der Waals surface area contributed by atoms with Crippen LogP contribution in [0.2, 0.25) is 0 Å². The number of carbonyl (C=O) groups excluding carboxylic acids is 1. The largest absolute Gasteiger partial charge is 0.364 e. The Labute approximate surface area is 145 Å². The zero-order valence-electron chi connectivity index (χ0n) is 13.9. The standard InChI is InChI=1S/C17H22N4O2S/c1-17(2,11-6-4-3-5-7-11)15-20-21-16(24-15)19-14(22)13-9-8-12(10-18)23-13/h3-7,12-13H,8-10,18H2,1-2H3,(H,19,21,22)/t12-,13+/m1/s1. The lowest BCUT2D eigenvalue weighted by Gasteiger charge is -2.21. The fourth-order valence-electron chi connectivity index (χ4n) is 2.76. The third kappa shape index (κ3) is 3.48. The van der Waals surface area contributed by atoms with E-state index in [0.29, 0.717) is 18.1 Å². The van der Waals surface area contributed by atoms with Gasteiger partial charge in [0.15, 0.2) is 0 Å². The number of anilines is 1. The summed E-state index contributed by atoms with van der Waals surface area (Å²) in [6, 6.07) is 10.1. The average Bonchev–Trinajstić information content (AvgIpc) is 3.25. The Hall–Kier alpha value is -1.83. The van der Waals surface area contributed by atoms with E-state index in [-0.39, 0.29) is 17.4 Å². The van der Waals surface area contributed by atoms with Crippen molar-refractivity contribution < 1.29 is 9.53 Å². The number of nitrogens with two attached hydrogens (primary N) is 1. The van der Waals surface area contributed by atoms with Crippen molar-refractivity contribution in [1.82, 2.24) is 10.2 Å². The molecule has 2 aromatic rings. The van der Waals surface area contributed by atoms with Crippen LogP contribution < -0.4 is 11.1 Å². The zero-order chi connectivity index (χ0) is 17.2. The first-order valence-corrected chi connectivity index (χ1v) is 8.88. The molecule has 1 aliphatic rings. The minimum absolute atomic E-state index is 0.0252. The van der Waals surface area contributed by atoms with E-state index >= 15 is 0 Å². The third-order valence-corrected chi connectivity index (χ3v) is 5.51. The maximum atomic E-state index is 12.3. The van der Waals surface area contributed by atoms with Crippen molar-refractivity contribution >= 4 is 22.4 Å². The Kier molecular flexibility index (Phi) is 4.93. The lowest BCUT2D eigenvalue weighted by molar-refractivity contribution is -0.126. The number of hydrogen-bond acceptors (Lipinski definition) is 6. The third-order valence-electron chi connectivity index (χ3n) is 4.35. The summed E-state index contributed by atoms with van der Waals surface area (Å²) in [4.78, 5) is 12.3. The molecule has 1 amide bonds. The van der Waals surface area contributed by atoms with Crippen LogP contribution >= 0.6 is 11.3 Å². The van der Waals surface area contributed by atoms with Gasteiger partial charge in [-0.05, 0) is 32.3 Å². The van der Waals surface area contributed by atoms with Crippen molar-refractivity contribution in [3.63, 3.8) is 0 Å². The molecule has 0 spiro atoms. The number of amides is 1. The Balaban J connectivity index is 1.69. The molecule has 128 valence electrons. The van der Waals surface area contributed by atoms with Crippen LogP contribution in [0.5, 0.6) is 0 Å². The van der Waals surface area contributed by atoms with Gasteiger partial charge in [0.1, 0.15) is 11.1 Å². The van der Waals surface area contributed by atoms with E-state index in [2.05, 4.69) is 41.5 Å². The fourth-order valence-corrected chi connectivity index (χ4v) is 3.63. The molecule has 1 aromatic carbocycles. The summed E-state index contributed by atoms with van der Waals surface area (Å²) in [5.74, 6) is -0.175. The lowest BCUT2D eigenvalue weighted by atomic mass is 9.85. The Bertz CT molecular complexity index is 702. The van der Waals surface area contributed by atoms with Crippen molar-refractivity contribution in [3.8, 4) is 0 Å². The van der Waals surface area contributed by atoms with Crippen molar-refractivity contribution in [2.24, 2.45) is 5.73 Å². The summed E-state index contributed by atoms with van der Waals surface area (Å²) in [7, 11) is 0. The molecule has 1 fully saturated rings. The van der Waals surface area contributed by atoms with Gasteiger partial charge >= 0.3 is 0 Å². The van der Waals surface area contributed by atoms with Crippen LogP contribution in [0.25, 0.3) is 0 Å². The molecule has 24 heavy (non-hydrogen) atoms. The van der Waals surface area contributed by atoms with Crippen molar-refractivity contribution in [3.05, 3.63) is 40.9 Å². The molecule has 0 bridgehead atoms. The second kappa shape index (κ2) is 6.96. The van der Waals surface area contributed by atoms with E-state index in [4.69, 9.17) is 10.5 Å². The van der Waals surface area contributed by atoms with Crippen molar-refractivity contribution in [2.45, 2.75) is 44.3 Å². The summed E-state index contributed by atoms with van der Waals surface area (Å²) in [6.07, 6.45) is 1.03. The van der Waals surface area contributed by atoms with Crippen LogP contribution in [0.15, 0.2) is 30.3 Å². The minimum atomic E-state index is -0.451. The topological polar surface area (TPSA) is 90.1 Å². The molecule has 6 nitrogen and oxygen atoms in total. The molecule has 0 radical (unpaired) electrons. The molecule has 3 N–H and O–H groups in total. The van der Waals surface area contributed by atoms with Crippen LogP contribution in [-0.4, -0.2) is 34.9 Å². The van der Waals surface area contributed by atoms with Gasteiger partial charge in [0.2, 0.25) is 5.13 Å². The highest BCUT2D eigenvalue weighted by Gasteiger charge is 2.31. The van der Waals surface area contributed by atoms with Crippen molar-refractivity contribution in [1.29, 1.82) is 0 Å². The van der Waals surface area contributed by atoms with Gasteiger partial charge in [-0.1, -0.05) is 41.7 Å². The number of nitrogens with one attached hydrogen (secondary N) is 1. The van der Waals surface area contributed by atoms with E-state index in [1.54, 1.807) is 0 Å². The minimum Gasteiger partial charge on any atom is -0.364 e. The summed E-state index contributed by atoms with van der Waals surface area (Å²) < 4.78 is 5.61. The first kappa shape index (κ1) is 17.0. The number of ether oxygens (including phenoxy) is 1. The monoisotopic (exact) mass is 346 g/mol. The molecule has 1 aliphatic heterocycles. The predicted octanol–water partition coefficient (Wildman–Crippen LogP) is 2.31. The number of hydrogen-bond donors (Lipinski definition) is 2. The molecule has 3 rings (SSSR count). The van der Waals surface area contributed by atoms with Gasteiger partial charge < -0.3 is 10.5 Å². The summed E-state index contributed by atoms with van der Waals surface area (Å²) in [5.41, 5.74) is 6.47. The Morgan fingerprint density at radius 2 is 2.08 bits per heavy atom. The molecule has 2 atom stereocenters. The van der Waals surface area contributed by atoms with Crippen LogP contribution in [0.1, 0.15) is 37.3 Å². The predicted molar refractivity (Wildman–Crippen MR) is 94.1 cm³/mol. The van der Waals surface area contributed by atoms with Gasteiger partial charge in [-0.15, -0.1) is 10.2 Å². The maximum Gasteiger partial charge on any atom is 0.255 e. The van der Waals surface area contributed by atoms with Gasteiger partial charge in [0.25, 0.3) is 5.91 Å². The second-order valence-electron chi connectivity index (χ2n) is 6.45. The van der Waals surface area contributed by atoms with Gasteiger partial charge in [-0.2, -0.15) is 0 Å². The summed E-state index contributed by atoms with van der Waals surface area (Å²) in [5, 5.41) is 12.6. The van der Waals surface area contributed by atoms with E-state index in [0.717, 1.165) is 17.0 Å². The molecule has 1 saturated heterocycles. The number of carbonyl (C=O) groups is 1. The molecular weight excluding hydrogens is 324 g/mol. The van der Waals surface area contributed by atoms with Gasteiger partial charge in [0, 0.05) is 12.0 Å². The molecule has 0 unspecified atom stereocenters. The van der Waals surface area contributed by atoms with Crippen LogP contribution in [-0.2, 0) is 14.9 Å². The molecule has 1 aromatic heterocycles. The van der Waals surface area contributed by atoms with Crippen LogP contribution in [0.3, 0.4) is 0 Å². The highest BCUT2D eigenvalue weighted by molar-refractivity contribution is 7.15. The van der Waals surface area contributed by atoms with E-state index in [1.807, 2.05) is 18.2 Å². The fraction of sp³-hybridized carbons (Fsp3) is 0.471. The van der Waals surface area contributed by atoms with E-state index in [9.17, 15) is 4.79 Å². The highest BCUT2D eigenvalue weighted by Crippen LogP contribution is 2.34. The summed E-state index contributed by atoms with van der Waals surface area (Å²) >= 11 is 1.39. The molecule has 7 heteroatoms. The first-order chi connectivity index (χ1) is 11.5. The average molecular weight is 346 g/mol. The Morgan fingerprint density at radius 1 is 1.33 bits per heavy atom. The maximum absolute atomic E-state index is 12.3. The second-order valence-corrected chi connectivity index (χ2v) is 7.43. The van der Waals surface area contributed by atoms with E-state index < -0.39 is 6.10 Å². The highest BCUT2D eigenvalue weighted by atomic mass is 32.1. The quantitative estimate of drug-likeness (QED) is 0.867. The lowest BCUT2D eigenvalue weighted by Crippen LogP contribution is -2.29.